The quantitative estimate of drug-likeness (QED) is 0.629. The lowest BCUT2D eigenvalue weighted by atomic mass is 9.89. The molecule has 0 spiro atoms. The molecule has 0 aliphatic heterocycles. The van der Waals surface area contributed by atoms with Crippen molar-refractivity contribution in [3.63, 3.8) is 0 Å². The minimum absolute atomic E-state index is 0.513. The number of unbranched alkanes of at least 4 members (excludes halogenated alkanes) is 2. The highest BCUT2D eigenvalue weighted by Crippen LogP contribution is 2.22. The second-order valence-corrected chi connectivity index (χ2v) is 5.50. The van der Waals surface area contributed by atoms with Crippen LogP contribution in [0.25, 0.3) is 0 Å². The number of hydrogen-bond acceptors (Lipinski definition) is 1. The van der Waals surface area contributed by atoms with Crippen LogP contribution >= 0.6 is 0 Å². The zero-order valence-electron chi connectivity index (χ0n) is 9.90. The van der Waals surface area contributed by atoms with Gasteiger partial charge in [-0.2, -0.15) is 0 Å². The number of rotatable bonds is 6. The Morgan fingerprint density at radius 2 is 1.69 bits per heavy atom. The molecule has 1 unspecified atom stereocenters. The summed E-state index contributed by atoms with van der Waals surface area (Å²) in [4.78, 5) is 0. The Hall–Kier alpha value is -0.0400. The van der Waals surface area contributed by atoms with Crippen LogP contribution in [-0.2, 0) is 0 Å². The van der Waals surface area contributed by atoms with Crippen LogP contribution in [0.1, 0.15) is 59.8 Å². The van der Waals surface area contributed by atoms with Crippen molar-refractivity contribution in [1.82, 2.24) is 0 Å². The summed E-state index contributed by atoms with van der Waals surface area (Å²) in [5.41, 5.74) is 6.07. The third kappa shape index (κ3) is 9.88. The second-order valence-electron chi connectivity index (χ2n) is 5.50. The van der Waals surface area contributed by atoms with Crippen LogP contribution in [-0.4, -0.2) is 6.54 Å². The highest BCUT2D eigenvalue weighted by atomic mass is 14.5. The van der Waals surface area contributed by atoms with E-state index in [0.29, 0.717) is 5.41 Å². The lowest BCUT2D eigenvalue weighted by Crippen LogP contribution is -2.10. The fraction of sp³-hybridized carbons (Fsp3) is 1.00. The van der Waals surface area contributed by atoms with E-state index in [1.807, 2.05) is 0 Å². The van der Waals surface area contributed by atoms with Crippen LogP contribution in [0.2, 0.25) is 0 Å². The molecular formula is C12H27N. The van der Waals surface area contributed by atoms with Gasteiger partial charge >= 0.3 is 0 Å². The Kier molecular flexibility index (Phi) is 6.40. The maximum Gasteiger partial charge on any atom is -0.00515 e. The van der Waals surface area contributed by atoms with Crippen LogP contribution in [0.15, 0.2) is 0 Å². The zero-order chi connectivity index (χ0) is 10.3. The second kappa shape index (κ2) is 6.42. The van der Waals surface area contributed by atoms with Gasteiger partial charge in [-0.25, -0.2) is 0 Å². The Morgan fingerprint density at radius 1 is 1.08 bits per heavy atom. The molecule has 0 radical (unpaired) electrons. The summed E-state index contributed by atoms with van der Waals surface area (Å²) >= 11 is 0. The first-order valence-corrected chi connectivity index (χ1v) is 5.66. The standard InChI is InChI=1S/C12H27N/c1-11(10-13)8-6-5-7-9-12(2,3)4/h11H,5-10,13H2,1-4H3. The van der Waals surface area contributed by atoms with E-state index in [0.717, 1.165) is 12.5 Å². The highest BCUT2D eigenvalue weighted by Gasteiger charge is 2.08. The number of nitrogens with two attached hydrogens (primary N) is 1. The summed E-state index contributed by atoms with van der Waals surface area (Å²) < 4.78 is 0. The average Bonchev–Trinajstić information content (AvgIpc) is 2.01. The first-order valence-electron chi connectivity index (χ1n) is 5.66. The molecule has 0 saturated heterocycles. The molecule has 0 aliphatic carbocycles. The van der Waals surface area contributed by atoms with Crippen molar-refractivity contribution in [3.8, 4) is 0 Å². The molecule has 0 saturated carbocycles. The van der Waals surface area contributed by atoms with Crippen LogP contribution in [0.5, 0.6) is 0 Å². The molecule has 0 aromatic rings. The first-order chi connectivity index (χ1) is 5.95. The molecule has 0 aliphatic rings. The van der Waals surface area contributed by atoms with Gasteiger partial charge in [-0.3, -0.25) is 0 Å². The Labute approximate surface area is 84.1 Å². The first kappa shape index (κ1) is 13.0. The van der Waals surface area contributed by atoms with Gasteiger partial charge in [0.25, 0.3) is 0 Å². The van der Waals surface area contributed by atoms with Crippen molar-refractivity contribution in [2.45, 2.75) is 59.8 Å². The predicted octanol–water partition coefficient (Wildman–Crippen LogP) is 3.58. The summed E-state index contributed by atoms with van der Waals surface area (Å²) in [7, 11) is 0. The smallest absolute Gasteiger partial charge is 0.00515 e. The van der Waals surface area contributed by atoms with Crippen molar-refractivity contribution >= 4 is 0 Å². The number of hydrogen-bond donors (Lipinski definition) is 1. The van der Waals surface area contributed by atoms with Gasteiger partial charge in [0.15, 0.2) is 0 Å². The van der Waals surface area contributed by atoms with Crippen LogP contribution in [0, 0.1) is 11.3 Å². The molecule has 1 atom stereocenters. The van der Waals surface area contributed by atoms with Crippen molar-refractivity contribution in [1.29, 1.82) is 0 Å². The molecule has 0 aromatic carbocycles. The molecule has 0 fully saturated rings. The van der Waals surface area contributed by atoms with E-state index in [4.69, 9.17) is 5.73 Å². The van der Waals surface area contributed by atoms with Crippen LogP contribution in [0.4, 0.5) is 0 Å². The molecule has 0 heterocycles. The van der Waals surface area contributed by atoms with E-state index in [-0.39, 0.29) is 0 Å². The third-order valence-electron chi connectivity index (χ3n) is 2.53. The van der Waals surface area contributed by atoms with Gasteiger partial charge in [0, 0.05) is 0 Å². The summed E-state index contributed by atoms with van der Waals surface area (Å²) in [6.07, 6.45) is 6.77. The van der Waals surface area contributed by atoms with Crippen molar-refractivity contribution in [2.75, 3.05) is 6.54 Å². The van der Waals surface area contributed by atoms with Crippen molar-refractivity contribution < 1.29 is 0 Å². The van der Waals surface area contributed by atoms with Gasteiger partial charge in [-0.1, -0.05) is 47.0 Å². The van der Waals surface area contributed by atoms with E-state index in [9.17, 15) is 0 Å². The maximum absolute atomic E-state index is 5.56. The van der Waals surface area contributed by atoms with E-state index >= 15 is 0 Å². The minimum Gasteiger partial charge on any atom is -0.330 e. The van der Waals surface area contributed by atoms with Gasteiger partial charge in [0.2, 0.25) is 0 Å². The molecule has 1 nitrogen and oxygen atoms in total. The van der Waals surface area contributed by atoms with Crippen molar-refractivity contribution in [2.24, 2.45) is 17.1 Å². The SMILES string of the molecule is CC(CN)CCCCCC(C)(C)C. The summed E-state index contributed by atoms with van der Waals surface area (Å²) in [5, 5.41) is 0. The largest absolute Gasteiger partial charge is 0.330 e. The Balaban J connectivity index is 3.18. The minimum atomic E-state index is 0.513. The monoisotopic (exact) mass is 185 g/mol. The van der Waals surface area contributed by atoms with Gasteiger partial charge in [0.05, 0.1) is 0 Å². The summed E-state index contributed by atoms with van der Waals surface area (Å²) in [6, 6.07) is 0. The van der Waals surface area contributed by atoms with Crippen LogP contribution < -0.4 is 5.73 Å². The molecule has 0 bridgehead atoms. The van der Waals surface area contributed by atoms with Gasteiger partial charge in [-0.05, 0) is 30.7 Å². The molecule has 0 amide bonds. The molecule has 13 heavy (non-hydrogen) atoms. The lowest BCUT2D eigenvalue weighted by Gasteiger charge is -2.17. The zero-order valence-corrected chi connectivity index (χ0v) is 9.90. The van der Waals surface area contributed by atoms with E-state index in [1.165, 1.54) is 32.1 Å². The van der Waals surface area contributed by atoms with E-state index < -0.39 is 0 Å². The molecule has 0 aromatic heterocycles. The molecule has 0 rings (SSSR count). The van der Waals surface area contributed by atoms with Gasteiger partial charge in [-0.15, -0.1) is 0 Å². The summed E-state index contributed by atoms with van der Waals surface area (Å²) in [6.45, 7) is 10.0. The topological polar surface area (TPSA) is 26.0 Å². The van der Waals surface area contributed by atoms with Crippen LogP contribution in [0.3, 0.4) is 0 Å². The maximum atomic E-state index is 5.56. The van der Waals surface area contributed by atoms with E-state index in [1.54, 1.807) is 0 Å². The fourth-order valence-electron chi connectivity index (χ4n) is 1.44. The van der Waals surface area contributed by atoms with Crippen molar-refractivity contribution in [3.05, 3.63) is 0 Å². The normalized spacial score (nSPS) is 14.5. The third-order valence-corrected chi connectivity index (χ3v) is 2.53. The van der Waals surface area contributed by atoms with Gasteiger partial charge < -0.3 is 5.73 Å². The van der Waals surface area contributed by atoms with Gasteiger partial charge in [0.1, 0.15) is 0 Å². The Bertz CT molecular complexity index is 113. The fourth-order valence-corrected chi connectivity index (χ4v) is 1.44. The summed E-state index contributed by atoms with van der Waals surface area (Å²) in [5.74, 6) is 0.717. The highest BCUT2D eigenvalue weighted by molar-refractivity contribution is 4.61. The lowest BCUT2D eigenvalue weighted by molar-refractivity contribution is 0.353. The predicted molar refractivity (Wildman–Crippen MR) is 60.8 cm³/mol. The Morgan fingerprint density at radius 3 is 2.15 bits per heavy atom. The molecule has 2 N–H and O–H groups in total. The average molecular weight is 185 g/mol. The molecule has 1 heteroatoms. The van der Waals surface area contributed by atoms with E-state index in [2.05, 4.69) is 27.7 Å². The molecule has 80 valence electrons. The molecular weight excluding hydrogens is 158 g/mol.